The number of nitrogens with one attached hydrogen (secondary N) is 1. The van der Waals surface area contributed by atoms with Crippen molar-refractivity contribution in [3.05, 3.63) is 70.3 Å². The molecule has 1 atom stereocenters. The lowest BCUT2D eigenvalue weighted by atomic mass is 10.2. The van der Waals surface area contributed by atoms with E-state index in [9.17, 15) is 18.0 Å². The first-order valence-electron chi connectivity index (χ1n) is 10.7. The lowest BCUT2D eigenvalue weighted by molar-refractivity contribution is 0.0319. The molecule has 0 radical (unpaired) electrons. The summed E-state index contributed by atoms with van der Waals surface area (Å²) < 4.78 is 33.1. The van der Waals surface area contributed by atoms with Gasteiger partial charge < -0.3 is 9.72 Å². The number of fused-ring (bicyclic) bond motifs is 1. The summed E-state index contributed by atoms with van der Waals surface area (Å²) in [6, 6.07) is 12.8. The fourth-order valence-corrected chi connectivity index (χ4v) is 5.36. The Bertz CT molecular complexity index is 1290. The maximum atomic E-state index is 13.0. The standard InChI is InChI=1S/C23H25N3O5S/c1-16(21-24-20-12-5-4-11-19(20)22(27)25-21)31-23(28)17-9-8-10-18(15-17)32(29,30)26-13-6-2-3-7-14-26/h4-5,8-12,15-16H,2-3,6-7,13-14H2,1H3,(H,24,25,27)/t16-/m0/s1. The predicted octanol–water partition coefficient (Wildman–Crippen LogP) is 3.41. The number of aromatic amines is 1. The summed E-state index contributed by atoms with van der Waals surface area (Å²) in [6.45, 7) is 2.56. The predicted molar refractivity (Wildman–Crippen MR) is 120 cm³/mol. The third kappa shape index (κ3) is 4.58. The first kappa shape index (κ1) is 22.2. The number of carbonyl (C=O) groups excluding carboxylic acids is 1. The Morgan fingerprint density at radius 2 is 1.78 bits per heavy atom. The normalized spacial score (nSPS) is 16.4. The molecule has 1 aromatic heterocycles. The van der Waals surface area contributed by atoms with Crippen LogP contribution in [0, 0.1) is 0 Å². The number of hydrogen-bond acceptors (Lipinski definition) is 6. The van der Waals surface area contributed by atoms with Crippen LogP contribution < -0.4 is 5.56 Å². The molecule has 1 aliphatic heterocycles. The second kappa shape index (κ2) is 9.22. The van der Waals surface area contributed by atoms with Gasteiger partial charge in [0.05, 0.1) is 21.4 Å². The molecule has 0 unspecified atom stereocenters. The van der Waals surface area contributed by atoms with Crippen molar-refractivity contribution in [2.75, 3.05) is 13.1 Å². The van der Waals surface area contributed by atoms with Gasteiger partial charge in [-0.1, -0.05) is 31.0 Å². The summed E-state index contributed by atoms with van der Waals surface area (Å²) in [5, 5.41) is 0.446. The smallest absolute Gasteiger partial charge is 0.338 e. The molecule has 0 bridgehead atoms. The number of H-pyrrole nitrogens is 1. The van der Waals surface area contributed by atoms with Gasteiger partial charge in [0.15, 0.2) is 11.9 Å². The monoisotopic (exact) mass is 455 g/mol. The Morgan fingerprint density at radius 3 is 2.53 bits per heavy atom. The highest BCUT2D eigenvalue weighted by Crippen LogP contribution is 2.22. The zero-order valence-electron chi connectivity index (χ0n) is 17.8. The Kier molecular flexibility index (Phi) is 6.38. The summed E-state index contributed by atoms with van der Waals surface area (Å²) >= 11 is 0. The van der Waals surface area contributed by atoms with E-state index in [1.54, 1.807) is 31.2 Å². The molecule has 4 rings (SSSR count). The highest BCUT2D eigenvalue weighted by atomic mass is 32.2. The largest absolute Gasteiger partial charge is 0.451 e. The van der Waals surface area contributed by atoms with Crippen LogP contribution >= 0.6 is 0 Å². The fourth-order valence-electron chi connectivity index (χ4n) is 3.80. The number of benzene rings is 2. The number of nitrogens with zero attached hydrogens (tertiary/aromatic N) is 2. The minimum atomic E-state index is -3.69. The van der Waals surface area contributed by atoms with Gasteiger partial charge in [0.25, 0.3) is 5.56 Å². The maximum Gasteiger partial charge on any atom is 0.338 e. The molecule has 1 N–H and O–H groups in total. The van der Waals surface area contributed by atoms with E-state index in [2.05, 4.69) is 9.97 Å². The van der Waals surface area contributed by atoms with Crippen LogP contribution in [0.25, 0.3) is 10.9 Å². The topological polar surface area (TPSA) is 109 Å². The minimum Gasteiger partial charge on any atom is -0.451 e. The number of para-hydroxylation sites is 1. The molecular formula is C23H25N3O5S. The second-order valence-corrected chi connectivity index (χ2v) is 9.80. The van der Waals surface area contributed by atoms with Crippen LogP contribution in [-0.4, -0.2) is 41.7 Å². The zero-order valence-corrected chi connectivity index (χ0v) is 18.6. The molecule has 32 heavy (non-hydrogen) atoms. The Hall–Kier alpha value is -3.04. The molecule has 2 aromatic carbocycles. The van der Waals surface area contributed by atoms with E-state index in [0.717, 1.165) is 25.7 Å². The number of rotatable bonds is 5. The van der Waals surface area contributed by atoms with Gasteiger partial charge in [-0.05, 0) is 50.1 Å². The highest BCUT2D eigenvalue weighted by Gasteiger charge is 2.26. The number of esters is 1. The lowest BCUT2D eigenvalue weighted by Gasteiger charge is -2.20. The van der Waals surface area contributed by atoms with Gasteiger partial charge in [0.2, 0.25) is 10.0 Å². The van der Waals surface area contributed by atoms with Crippen LogP contribution in [0.15, 0.2) is 58.2 Å². The number of hydrogen-bond donors (Lipinski definition) is 1. The van der Waals surface area contributed by atoms with Crippen molar-refractivity contribution in [3.63, 3.8) is 0 Å². The molecule has 9 heteroatoms. The summed E-state index contributed by atoms with van der Waals surface area (Å²) in [5.74, 6) is -0.475. The van der Waals surface area contributed by atoms with E-state index in [1.165, 1.54) is 28.6 Å². The molecule has 1 fully saturated rings. The van der Waals surface area contributed by atoms with Crippen LogP contribution in [0.1, 0.15) is 54.9 Å². The van der Waals surface area contributed by atoms with Gasteiger partial charge in [-0.25, -0.2) is 18.2 Å². The summed E-state index contributed by atoms with van der Waals surface area (Å²) in [5.41, 5.74) is 0.301. The fraction of sp³-hybridized carbons (Fsp3) is 0.348. The molecule has 0 saturated carbocycles. The summed E-state index contributed by atoms with van der Waals surface area (Å²) in [7, 11) is -3.69. The highest BCUT2D eigenvalue weighted by molar-refractivity contribution is 7.89. The van der Waals surface area contributed by atoms with E-state index in [0.29, 0.717) is 24.0 Å². The van der Waals surface area contributed by atoms with Crippen LogP contribution in [0.2, 0.25) is 0 Å². The van der Waals surface area contributed by atoms with Crippen molar-refractivity contribution >= 4 is 26.9 Å². The molecule has 2 heterocycles. The Labute approximate surface area is 186 Å². The van der Waals surface area contributed by atoms with Gasteiger partial charge in [-0.3, -0.25) is 4.79 Å². The van der Waals surface area contributed by atoms with E-state index in [4.69, 9.17) is 4.74 Å². The van der Waals surface area contributed by atoms with E-state index in [1.807, 2.05) is 0 Å². The number of sulfonamides is 1. The molecular weight excluding hydrogens is 430 g/mol. The van der Waals surface area contributed by atoms with E-state index in [-0.39, 0.29) is 21.8 Å². The third-order valence-corrected chi connectivity index (χ3v) is 7.47. The number of ether oxygens (including phenoxy) is 1. The van der Waals surface area contributed by atoms with Gasteiger partial charge in [0.1, 0.15) is 0 Å². The molecule has 0 amide bonds. The van der Waals surface area contributed by atoms with E-state index >= 15 is 0 Å². The summed E-state index contributed by atoms with van der Waals surface area (Å²) in [6.07, 6.45) is 2.86. The van der Waals surface area contributed by atoms with Crippen molar-refractivity contribution in [1.82, 2.24) is 14.3 Å². The third-order valence-electron chi connectivity index (χ3n) is 5.57. The average molecular weight is 456 g/mol. The van der Waals surface area contributed by atoms with Crippen LogP contribution in [-0.2, 0) is 14.8 Å². The average Bonchev–Trinajstić information content (AvgIpc) is 3.09. The first-order valence-corrected chi connectivity index (χ1v) is 12.1. The summed E-state index contributed by atoms with van der Waals surface area (Å²) in [4.78, 5) is 32.1. The molecule has 8 nitrogen and oxygen atoms in total. The second-order valence-electron chi connectivity index (χ2n) is 7.86. The SMILES string of the molecule is C[C@H](OC(=O)c1cccc(S(=O)(=O)N2CCCCCC2)c1)c1nc2ccccc2c(=O)[nH]1. The van der Waals surface area contributed by atoms with Gasteiger partial charge >= 0.3 is 5.97 Å². The van der Waals surface area contributed by atoms with Crippen LogP contribution in [0.3, 0.4) is 0 Å². The molecule has 0 spiro atoms. The number of carbonyl (C=O) groups is 1. The van der Waals surface area contributed by atoms with Crippen molar-refractivity contribution in [2.45, 2.75) is 43.6 Å². The first-order chi connectivity index (χ1) is 15.4. The number of aromatic nitrogens is 2. The Balaban J connectivity index is 1.54. The molecule has 1 aliphatic rings. The van der Waals surface area contributed by atoms with Crippen LogP contribution in [0.5, 0.6) is 0 Å². The quantitative estimate of drug-likeness (QED) is 0.591. The van der Waals surface area contributed by atoms with Gasteiger partial charge in [-0.15, -0.1) is 0 Å². The molecule has 3 aromatic rings. The molecule has 0 aliphatic carbocycles. The Morgan fingerprint density at radius 1 is 1.06 bits per heavy atom. The van der Waals surface area contributed by atoms with Crippen molar-refractivity contribution in [3.8, 4) is 0 Å². The molecule has 168 valence electrons. The van der Waals surface area contributed by atoms with Gasteiger partial charge in [0, 0.05) is 13.1 Å². The van der Waals surface area contributed by atoms with Crippen molar-refractivity contribution < 1.29 is 17.9 Å². The van der Waals surface area contributed by atoms with Crippen LogP contribution in [0.4, 0.5) is 0 Å². The minimum absolute atomic E-state index is 0.0683. The van der Waals surface area contributed by atoms with Gasteiger partial charge in [-0.2, -0.15) is 4.31 Å². The van der Waals surface area contributed by atoms with Crippen molar-refractivity contribution in [1.29, 1.82) is 0 Å². The van der Waals surface area contributed by atoms with E-state index < -0.39 is 22.1 Å². The maximum absolute atomic E-state index is 13.0. The molecule has 1 saturated heterocycles. The lowest BCUT2D eigenvalue weighted by Crippen LogP contribution is -2.32. The van der Waals surface area contributed by atoms with Crippen molar-refractivity contribution in [2.24, 2.45) is 0 Å². The zero-order chi connectivity index (χ0) is 22.7.